The monoisotopic (exact) mass is 327 g/mol. The van der Waals surface area contributed by atoms with Gasteiger partial charge in [0.15, 0.2) is 0 Å². The molecule has 0 saturated heterocycles. The minimum atomic E-state index is 0.370. The summed E-state index contributed by atoms with van der Waals surface area (Å²) >= 11 is 0. The largest absolute Gasteiger partial charge is 0.489 e. The molecule has 0 saturated carbocycles. The average Bonchev–Trinajstić information content (AvgIpc) is 2.68. The number of hydrogen-bond acceptors (Lipinski definition) is 2. The van der Waals surface area contributed by atoms with Gasteiger partial charge < -0.3 is 4.74 Å². The number of ether oxygens (including phenoxy) is 1. The lowest BCUT2D eigenvalue weighted by Gasteiger charge is -2.10. The Morgan fingerprint density at radius 1 is 0.680 bits per heavy atom. The van der Waals surface area contributed by atoms with E-state index in [2.05, 4.69) is 54.6 Å². The normalized spacial score (nSPS) is 10.2. The number of nitrogens with zero attached hydrogens (tertiary/aromatic N) is 1. The molecular formula is C23H21NO. The third-order valence-electron chi connectivity index (χ3n) is 4.20. The zero-order valence-electron chi connectivity index (χ0n) is 14.2. The third-order valence-corrected chi connectivity index (χ3v) is 4.20. The molecule has 3 rings (SSSR count). The van der Waals surface area contributed by atoms with Crippen molar-refractivity contribution in [3.63, 3.8) is 0 Å². The van der Waals surface area contributed by atoms with Crippen molar-refractivity contribution >= 4 is 0 Å². The molecule has 0 aliphatic rings. The molecule has 0 aliphatic carbocycles. The number of hydrogen-bond donors (Lipinski definition) is 0. The lowest BCUT2D eigenvalue weighted by molar-refractivity contribution is 0.303. The first-order valence-corrected chi connectivity index (χ1v) is 8.54. The molecule has 124 valence electrons. The van der Waals surface area contributed by atoms with Crippen LogP contribution in [-0.4, -0.2) is 0 Å². The van der Waals surface area contributed by atoms with Crippen LogP contribution < -0.4 is 4.74 Å². The van der Waals surface area contributed by atoms with Crippen LogP contribution in [0.2, 0.25) is 0 Å². The molecule has 25 heavy (non-hydrogen) atoms. The summed E-state index contributed by atoms with van der Waals surface area (Å²) in [6, 6.07) is 29.0. The van der Waals surface area contributed by atoms with Gasteiger partial charge in [0.05, 0.1) is 12.5 Å². The van der Waals surface area contributed by atoms with Gasteiger partial charge in [-0.05, 0) is 35.6 Å². The fourth-order valence-electron chi connectivity index (χ4n) is 2.77. The maximum atomic E-state index is 8.89. The summed E-state index contributed by atoms with van der Waals surface area (Å²) in [5.41, 5.74) is 4.76. The van der Waals surface area contributed by atoms with Crippen LogP contribution in [0.4, 0.5) is 0 Å². The number of aryl methyl sites for hydroxylation is 2. The van der Waals surface area contributed by atoms with E-state index < -0.39 is 0 Å². The lowest BCUT2D eigenvalue weighted by atomic mass is 10.0. The number of rotatable bonds is 7. The SMILES string of the molecule is N#CCc1ccccc1OCc1ccc(CCc2ccccc2)cc1. The van der Waals surface area contributed by atoms with Crippen molar-refractivity contribution in [2.45, 2.75) is 25.9 Å². The second kappa shape index (κ2) is 8.70. The van der Waals surface area contributed by atoms with Crippen molar-refractivity contribution < 1.29 is 4.74 Å². The smallest absolute Gasteiger partial charge is 0.124 e. The van der Waals surface area contributed by atoms with Crippen molar-refractivity contribution in [1.82, 2.24) is 0 Å². The van der Waals surface area contributed by atoms with Crippen molar-refractivity contribution in [2.75, 3.05) is 0 Å². The van der Waals surface area contributed by atoms with Crippen molar-refractivity contribution in [1.29, 1.82) is 5.26 Å². The molecule has 0 spiro atoms. The van der Waals surface area contributed by atoms with E-state index in [0.717, 1.165) is 29.7 Å². The van der Waals surface area contributed by atoms with Crippen LogP contribution in [0.5, 0.6) is 5.75 Å². The fourth-order valence-corrected chi connectivity index (χ4v) is 2.77. The highest BCUT2D eigenvalue weighted by atomic mass is 16.5. The predicted molar refractivity (Wildman–Crippen MR) is 100 cm³/mol. The molecule has 3 aromatic rings. The standard InChI is InChI=1S/C23H21NO/c24-17-16-22-8-4-5-9-23(22)25-18-21-14-12-20(13-15-21)11-10-19-6-2-1-3-7-19/h1-9,12-15H,10-11,16,18H2. The summed E-state index contributed by atoms with van der Waals surface area (Å²) < 4.78 is 5.89. The molecule has 2 heteroatoms. The highest BCUT2D eigenvalue weighted by molar-refractivity contribution is 5.35. The van der Waals surface area contributed by atoms with Gasteiger partial charge in [-0.2, -0.15) is 5.26 Å². The van der Waals surface area contributed by atoms with Gasteiger partial charge in [0.1, 0.15) is 12.4 Å². The Labute approximate surface area is 149 Å². The lowest BCUT2D eigenvalue weighted by Crippen LogP contribution is -1.99. The molecule has 0 unspecified atom stereocenters. The maximum absolute atomic E-state index is 8.89. The van der Waals surface area contributed by atoms with Crippen LogP contribution in [0.25, 0.3) is 0 Å². The Hall–Kier alpha value is -3.05. The first-order valence-electron chi connectivity index (χ1n) is 8.54. The molecule has 0 N–H and O–H groups in total. The van der Waals surface area contributed by atoms with Crippen LogP contribution in [0.3, 0.4) is 0 Å². The number of para-hydroxylation sites is 1. The second-order valence-corrected chi connectivity index (χ2v) is 6.03. The Morgan fingerprint density at radius 2 is 1.28 bits per heavy atom. The van der Waals surface area contributed by atoms with Gasteiger partial charge in [-0.1, -0.05) is 72.8 Å². The Morgan fingerprint density at radius 3 is 2.00 bits per heavy atom. The average molecular weight is 327 g/mol. The zero-order chi connectivity index (χ0) is 17.3. The topological polar surface area (TPSA) is 33.0 Å². The van der Waals surface area contributed by atoms with Crippen LogP contribution >= 0.6 is 0 Å². The van der Waals surface area contributed by atoms with Crippen LogP contribution in [0.15, 0.2) is 78.9 Å². The minimum Gasteiger partial charge on any atom is -0.489 e. The highest BCUT2D eigenvalue weighted by Gasteiger charge is 2.03. The molecule has 0 atom stereocenters. The van der Waals surface area contributed by atoms with Gasteiger partial charge in [0.2, 0.25) is 0 Å². The predicted octanol–water partition coefficient (Wildman–Crippen LogP) is 5.12. The second-order valence-electron chi connectivity index (χ2n) is 6.03. The van der Waals surface area contributed by atoms with E-state index in [1.807, 2.05) is 30.3 Å². The van der Waals surface area contributed by atoms with E-state index in [9.17, 15) is 0 Å². The molecule has 2 nitrogen and oxygen atoms in total. The molecule has 0 radical (unpaired) electrons. The quantitative estimate of drug-likeness (QED) is 0.603. The van der Waals surface area contributed by atoms with Crippen molar-refractivity contribution in [3.05, 3.63) is 101 Å². The van der Waals surface area contributed by atoms with Gasteiger partial charge in [-0.25, -0.2) is 0 Å². The first kappa shape index (κ1) is 16.8. The summed E-state index contributed by atoms with van der Waals surface area (Å²) in [6.07, 6.45) is 2.46. The maximum Gasteiger partial charge on any atom is 0.124 e. The fraction of sp³-hybridized carbons (Fsp3) is 0.174. The Bertz CT molecular complexity index is 832. The molecule has 0 aliphatic heterocycles. The zero-order valence-corrected chi connectivity index (χ0v) is 14.2. The van der Waals surface area contributed by atoms with E-state index in [4.69, 9.17) is 10.00 Å². The first-order chi connectivity index (χ1) is 12.3. The molecule has 0 fully saturated rings. The summed E-state index contributed by atoms with van der Waals surface area (Å²) in [5, 5.41) is 8.89. The number of benzene rings is 3. The summed E-state index contributed by atoms with van der Waals surface area (Å²) in [5.74, 6) is 0.789. The molecule has 0 amide bonds. The van der Waals surface area contributed by atoms with E-state index in [-0.39, 0.29) is 0 Å². The minimum absolute atomic E-state index is 0.370. The van der Waals surface area contributed by atoms with E-state index in [0.29, 0.717) is 13.0 Å². The van der Waals surface area contributed by atoms with Gasteiger partial charge in [-0.15, -0.1) is 0 Å². The van der Waals surface area contributed by atoms with E-state index in [1.165, 1.54) is 11.1 Å². The van der Waals surface area contributed by atoms with Crippen LogP contribution in [-0.2, 0) is 25.9 Å². The van der Waals surface area contributed by atoms with E-state index in [1.54, 1.807) is 0 Å². The molecule has 0 heterocycles. The Balaban J connectivity index is 1.55. The summed E-state index contributed by atoms with van der Waals surface area (Å²) in [6.45, 7) is 0.515. The Kier molecular flexibility index (Phi) is 5.85. The summed E-state index contributed by atoms with van der Waals surface area (Å²) in [4.78, 5) is 0. The molecular weight excluding hydrogens is 306 g/mol. The van der Waals surface area contributed by atoms with Crippen LogP contribution in [0.1, 0.15) is 22.3 Å². The van der Waals surface area contributed by atoms with Gasteiger partial charge in [0, 0.05) is 5.56 Å². The highest BCUT2D eigenvalue weighted by Crippen LogP contribution is 2.20. The van der Waals surface area contributed by atoms with Gasteiger partial charge >= 0.3 is 0 Å². The number of nitriles is 1. The third kappa shape index (κ3) is 4.96. The molecule has 0 aromatic heterocycles. The van der Waals surface area contributed by atoms with Crippen molar-refractivity contribution in [2.24, 2.45) is 0 Å². The van der Waals surface area contributed by atoms with Crippen molar-refractivity contribution in [3.8, 4) is 11.8 Å². The van der Waals surface area contributed by atoms with Crippen LogP contribution in [0, 0.1) is 11.3 Å². The summed E-state index contributed by atoms with van der Waals surface area (Å²) in [7, 11) is 0. The van der Waals surface area contributed by atoms with E-state index >= 15 is 0 Å². The van der Waals surface area contributed by atoms with Gasteiger partial charge in [-0.3, -0.25) is 0 Å². The molecule has 0 bridgehead atoms. The van der Waals surface area contributed by atoms with Gasteiger partial charge in [0.25, 0.3) is 0 Å². The molecule has 3 aromatic carbocycles.